The zero-order valence-electron chi connectivity index (χ0n) is 12.8. The van der Waals surface area contributed by atoms with Crippen LogP contribution in [0.4, 0.5) is 0 Å². The van der Waals surface area contributed by atoms with Crippen molar-refractivity contribution in [2.75, 3.05) is 14.2 Å². The summed E-state index contributed by atoms with van der Waals surface area (Å²) >= 11 is 0. The number of rotatable bonds is 4. The van der Waals surface area contributed by atoms with Crippen molar-refractivity contribution in [3.63, 3.8) is 0 Å². The van der Waals surface area contributed by atoms with Crippen LogP contribution in [0.3, 0.4) is 0 Å². The molecule has 0 N–H and O–H groups in total. The number of ether oxygens (including phenoxy) is 2. The van der Waals surface area contributed by atoms with Gasteiger partial charge in [0, 0.05) is 17.3 Å². The molecule has 3 aromatic rings. The molecule has 0 aliphatic carbocycles. The molecule has 0 aliphatic heterocycles. The van der Waals surface area contributed by atoms with Crippen LogP contribution in [-0.4, -0.2) is 30.4 Å². The fraction of sp³-hybridized carbons (Fsp3) is 0.111. The number of pyridine rings is 1. The summed E-state index contributed by atoms with van der Waals surface area (Å²) in [6.45, 7) is 0. The maximum Gasteiger partial charge on any atom is 0.338 e. The number of esters is 1. The summed E-state index contributed by atoms with van der Waals surface area (Å²) in [4.78, 5) is 24.6. The Morgan fingerprint density at radius 1 is 0.957 bits per heavy atom. The number of benzene rings is 1. The van der Waals surface area contributed by atoms with Crippen LogP contribution in [0.5, 0.6) is 5.75 Å². The van der Waals surface area contributed by atoms with Crippen LogP contribution in [0.2, 0.25) is 0 Å². The Balaban J connectivity index is 2.11. The summed E-state index contributed by atoms with van der Waals surface area (Å²) < 4.78 is 11.6. The molecule has 0 fully saturated rings. The van der Waals surface area contributed by atoms with Gasteiger partial charge >= 0.3 is 5.97 Å². The van der Waals surface area contributed by atoms with Gasteiger partial charge in [-0.15, -0.1) is 0 Å². The van der Waals surface area contributed by atoms with Crippen molar-refractivity contribution >= 4 is 17.3 Å². The molecule has 1 aromatic carbocycles. The van der Waals surface area contributed by atoms with Crippen LogP contribution < -0.4 is 4.74 Å². The average molecular weight is 309 g/mol. The molecule has 0 saturated heterocycles. The third-order valence-electron chi connectivity index (χ3n) is 3.64. The van der Waals surface area contributed by atoms with Gasteiger partial charge in [0.25, 0.3) is 0 Å². The number of carbonyl (C=O) groups excluding carboxylic acids is 2. The van der Waals surface area contributed by atoms with E-state index in [1.54, 1.807) is 54.1 Å². The molecule has 2 aromatic heterocycles. The zero-order valence-corrected chi connectivity index (χ0v) is 12.8. The van der Waals surface area contributed by atoms with Gasteiger partial charge in [-0.3, -0.25) is 4.79 Å². The normalized spacial score (nSPS) is 10.5. The van der Waals surface area contributed by atoms with E-state index in [2.05, 4.69) is 0 Å². The van der Waals surface area contributed by atoms with E-state index in [4.69, 9.17) is 9.47 Å². The first-order valence-electron chi connectivity index (χ1n) is 7.02. The van der Waals surface area contributed by atoms with E-state index in [1.165, 1.54) is 7.11 Å². The van der Waals surface area contributed by atoms with E-state index >= 15 is 0 Å². The highest BCUT2D eigenvalue weighted by molar-refractivity contribution is 6.09. The van der Waals surface area contributed by atoms with Gasteiger partial charge in [-0.1, -0.05) is 0 Å². The van der Waals surface area contributed by atoms with Crippen molar-refractivity contribution in [3.8, 4) is 5.75 Å². The van der Waals surface area contributed by atoms with Gasteiger partial charge in [-0.2, -0.15) is 0 Å². The van der Waals surface area contributed by atoms with E-state index in [0.29, 0.717) is 22.6 Å². The second-order valence-corrected chi connectivity index (χ2v) is 4.98. The fourth-order valence-electron chi connectivity index (χ4n) is 2.45. The molecular weight excluding hydrogens is 294 g/mol. The lowest BCUT2D eigenvalue weighted by molar-refractivity contribution is 0.0600. The lowest BCUT2D eigenvalue weighted by atomic mass is 10.1. The maximum absolute atomic E-state index is 12.8. The Morgan fingerprint density at radius 3 is 2.35 bits per heavy atom. The standard InChI is InChI=1S/C18H15NO4/c1-22-15-7-5-12(6-8-15)17(20)16-11-13(18(21)23-2)10-14-4-3-9-19(14)16/h3-11H,1-2H3. The topological polar surface area (TPSA) is 57.0 Å². The molecule has 0 spiro atoms. The molecule has 0 aliphatic rings. The molecular formula is C18H15NO4. The molecule has 0 unspecified atom stereocenters. The van der Waals surface area contributed by atoms with Gasteiger partial charge in [-0.25, -0.2) is 4.79 Å². The number of nitrogens with zero attached hydrogens (tertiary/aromatic N) is 1. The molecule has 3 rings (SSSR count). The first-order chi connectivity index (χ1) is 11.1. The first kappa shape index (κ1) is 14.8. The summed E-state index contributed by atoms with van der Waals surface area (Å²) in [5.74, 6) is 0.0214. The Bertz CT molecular complexity index is 878. The van der Waals surface area contributed by atoms with Gasteiger partial charge in [-0.05, 0) is 48.5 Å². The van der Waals surface area contributed by atoms with E-state index in [-0.39, 0.29) is 5.78 Å². The smallest absolute Gasteiger partial charge is 0.338 e. The van der Waals surface area contributed by atoms with Gasteiger partial charge in [0.15, 0.2) is 0 Å². The number of aromatic nitrogens is 1. The summed E-state index contributed by atoms with van der Waals surface area (Å²) in [5.41, 5.74) is 2.02. The van der Waals surface area contributed by atoms with Crippen molar-refractivity contribution in [3.05, 3.63) is 71.5 Å². The molecule has 2 heterocycles. The molecule has 116 valence electrons. The van der Waals surface area contributed by atoms with E-state index in [9.17, 15) is 9.59 Å². The Morgan fingerprint density at radius 2 is 1.70 bits per heavy atom. The molecule has 5 heteroatoms. The van der Waals surface area contributed by atoms with Crippen LogP contribution in [0.15, 0.2) is 54.7 Å². The predicted octanol–water partition coefficient (Wildman–Crippen LogP) is 2.97. The number of hydrogen-bond acceptors (Lipinski definition) is 4. The van der Waals surface area contributed by atoms with E-state index < -0.39 is 5.97 Å². The van der Waals surface area contributed by atoms with Gasteiger partial charge < -0.3 is 13.9 Å². The van der Waals surface area contributed by atoms with Gasteiger partial charge in [0.2, 0.25) is 5.78 Å². The number of carbonyl (C=O) groups is 2. The van der Waals surface area contributed by atoms with Gasteiger partial charge in [0.05, 0.1) is 25.5 Å². The third kappa shape index (κ3) is 2.68. The summed E-state index contributed by atoms with van der Waals surface area (Å²) in [7, 11) is 2.88. The average Bonchev–Trinajstić information content (AvgIpc) is 3.08. The highest BCUT2D eigenvalue weighted by Crippen LogP contribution is 2.19. The minimum absolute atomic E-state index is 0.181. The van der Waals surface area contributed by atoms with Crippen molar-refractivity contribution in [2.45, 2.75) is 0 Å². The number of fused-ring (bicyclic) bond motifs is 1. The lowest BCUT2D eigenvalue weighted by Gasteiger charge is -2.09. The first-order valence-corrected chi connectivity index (χ1v) is 7.02. The molecule has 5 nitrogen and oxygen atoms in total. The summed E-state index contributed by atoms with van der Waals surface area (Å²) in [6, 6.07) is 13.7. The minimum atomic E-state index is -0.475. The number of methoxy groups -OCH3 is 2. The number of hydrogen-bond donors (Lipinski definition) is 0. The van der Waals surface area contributed by atoms with Crippen molar-refractivity contribution in [1.82, 2.24) is 4.40 Å². The second-order valence-electron chi connectivity index (χ2n) is 4.98. The highest BCUT2D eigenvalue weighted by Gasteiger charge is 2.17. The van der Waals surface area contributed by atoms with E-state index in [0.717, 1.165) is 5.52 Å². The minimum Gasteiger partial charge on any atom is -0.497 e. The summed E-state index contributed by atoms with van der Waals surface area (Å²) in [6.07, 6.45) is 1.78. The lowest BCUT2D eigenvalue weighted by Crippen LogP contribution is -2.11. The third-order valence-corrected chi connectivity index (χ3v) is 3.64. The zero-order chi connectivity index (χ0) is 16.4. The quantitative estimate of drug-likeness (QED) is 0.549. The van der Waals surface area contributed by atoms with Crippen LogP contribution in [-0.2, 0) is 4.74 Å². The molecule has 23 heavy (non-hydrogen) atoms. The largest absolute Gasteiger partial charge is 0.497 e. The Labute approximate surface area is 133 Å². The van der Waals surface area contributed by atoms with Crippen LogP contribution in [0.25, 0.3) is 5.52 Å². The molecule has 0 saturated carbocycles. The van der Waals surface area contributed by atoms with Crippen LogP contribution >= 0.6 is 0 Å². The molecule has 0 atom stereocenters. The van der Waals surface area contributed by atoms with Crippen molar-refractivity contribution in [1.29, 1.82) is 0 Å². The Kier molecular flexibility index (Phi) is 3.85. The molecule has 0 bridgehead atoms. The van der Waals surface area contributed by atoms with Crippen LogP contribution in [0, 0.1) is 0 Å². The number of ketones is 1. The van der Waals surface area contributed by atoms with Crippen molar-refractivity contribution < 1.29 is 19.1 Å². The maximum atomic E-state index is 12.8. The predicted molar refractivity (Wildman–Crippen MR) is 85.2 cm³/mol. The fourth-order valence-corrected chi connectivity index (χ4v) is 2.45. The van der Waals surface area contributed by atoms with Crippen LogP contribution in [0.1, 0.15) is 26.4 Å². The molecule has 0 amide bonds. The highest BCUT2D eigenvalue weighted by atomic mass is 16.5. The van der Waals surface area contributed by atoms with E-state index in [1.807, 2.05) is 12.1 Å². The second kappa shape index (κ2) is 5.96. The SMILES string of the molecule is COC(=O)c1cc(C(=O)c2ccc(OC)cc2)n2cccc2c1. The van der Waals surface area contributed by atoms with Crippen molar-refractivity contribution in [2.24, 2.45) is 0 Å². The summed E-state index contributed by atoms with van der Waals surface area (Å²) in [5, 5.41) is 0. The Hall–Kier alpha value is -3.08. The van der Waals surface area contributed by atoms with Gasteiger partial charge in [0.1, 0.15) is 5.75 Å². The molecule has 0 radical (unpaired) electrons. The monoisotopic (exact) mass is 309 g/mol.